The van der Waals surface area contributed by atoms with E-state index in [2.05, 4.69) is 26.6 Å². The Labute approximate surface area is 136 Å². The first-order valence-corrected chi connectivity index (χ1v) is 7.63. The maximum atomic E-state index is 11.6. The van der Waals surface area contributed by atoms with Crippen molar-refractivity contribution in [1.29, 1.82) is 0 Å². The molecule has 1 aromatic rings. The highest BCUT2D eigenvalue weighted by molar-refractivity contribution is 9.10. The van der Waals surface area contributed by atoms with E-state index in [0.717, 1.165) is 16.6 Å². The molecule has 1 unspecified atom stereocenters. The van der Waals surface area contributed by atoms with Crippen molar-refractivity contribution in [2.45, 2.75) is 29.7 Å². The average Bonchev–Trinajstić information content (AvgIpc) is 2.30. The number of halogens is 4. The largest absolute Gasteiger partial charge is 0.362 e. The van der Waals surface area contributed by atoms with Gasteiger partial charge in [-0.2, -0.15) is 0 Å². The zero-order valence-corrected chi connectivity index (χ0v) is 14.1. The minimum Gasteiger partial charge on any atom is -0.362 e. The second kappa shape index (κ2) is 7.58. The summed E-state index contributed by atoms with van der Waals surface area (Å²) in [6.45, 7) is 1.91. The number of rotatable bonds is 5. The first-order chi connectivity index (χ1) is 8.82. The number of nitrogens with one attached hydrogen (secondary N) is 2. The van der Waals surface area contributed by atoms with Gasteiger partial charge in [0, 0.05) is 16.6 Å². The summed E-state index contributed by atoms with van der Waals surface area (Å²) in [5.74, 6) is -0.163. The number of anilines is 1. The Morgan fingerprint density at radius 3 is 2.37 bits per heavy atom. The molecule has 2 N–H and O–H groups in total. The van der Waals surface area contributed by atoms with Crippen LogP contribution in [0.4, 0.5) is 5.69 Å². The number of carbonyl (C=O) groups is 1. The molecule has 0 aliphatic rings. The van der Waals surface area contributed by atoms with Crippen molar-refractivity contribution in [3.63, 3.8) is 0 Å². The molecule has 0 aliphatic heterocycles. The Hall–Kier alpha value is -0.160. The lowest BCUT2D eigenvalue weighted by Gasteiger charge is -2.27. The van der Waals surface area contributed by atoms with Crippen LogP contribution >= 0.6 is 50.7 Å². The number of alkyl halides is 3. The fourth-order valence-corrected chi connectivity index (χ4v) is 1.96. The highest BCUT2D eigenvalue weighted by Gasteiger charge is 2.33. The predicted octanol–water partition coefficient (Wildman–Crippen LogP) is 4.47. The van der Waals surface area contributed by atoms with Gasteiger partial charge in [-0.1, -0.05) is 57.7 Å². The minimum atomic E-state index is -1.64. The summed E-state index contributed by atoms with van der Waals surface area (Å²) in [5.41, 5.74) is 0.747. The fourth-order valence-electron chi connectivity index (χ4n) is 1.37. The van der Waals surface area contributed by atoms with Gasteiger partial charge in [-0.15, -0.1) is 0 Å². The smallest absolute Gasteiger partial charge is 0.228 e. The van der Waals surface area contributed by atoms with Crippen molar-refractivity contribution >= 4 is 62.3 Å². The molecule has 0 heterocycles. The fraction of sp³-hybridized carbons (Fsp3) is 0.417. The molecule has 0 aromatic heterocycles. The summed E-state index contributed by atoms with van der Waals surface area (Å²) < 4.78 is -0.699. The van der Waals surface area contributed by atoms with Gasteiger partial charge in [0.1, 0.15) is 6.17 Å². The quantitative estimate of drug-likeness (QED) is 0.577. The Morgan fingerprint density at radius 1 is 1.32 bits per heavy atom. The standard InChI is InChI=1S/C12H14BrCl3N2O/c1-2-3-10(19)18-11(12(14,15)16)17-9-6-4-8(13)5-7-9/h4-7,11,17H,2-3H2,1H3,(H,18,19). The van der Waals surface area contributed by atoms with Crippen LogP contribution in [0.5, 0.6) is 0 Å². The summed E-state index contributed by atoms with van der Waals surface area (Å²) in [7, 11) is 0. The SMILES string of the molecule is CCCC(=O)NC(Nc1ccc(Br)cc1)C(Cl)(Cl)Cl. The van der Waals surface area contributed by atoms with E-state index < -0.39 is 9.96 Å². The third kappa shape index (κ3) is 6.21. The summed E-state index contributed by atoms with van der Waals surface area (Å²) in [4.78, 5) is 11.6. The first-order valence-electron chi connectivity index (χ1n) is 5.71. The summed E-state index contributed by atoms with van der Waals surface area (Å²) in [5, 5.41) is 5.65. The minimum absolute atomic E-state index is 0.163. The molecule has 1 atom stereocenters. The second-order valence-electron chi connectivity index (χ2n) is 3.94. The third-order valence-electron chi connectivity index (χ3n) is 2.26. The van der Waals surface area contributed by atoms with Gasteiger partial charge >= 0.3 is 0 Å². The lowest BCUT2D eigenvalue weighted by Crippen LogP contribution is -2.49. The molecule has 106 valence electrons. The summed E-state index contributed by atoms with van der Waals surface area (Å²) >= 11 is 20.9. The number of hydrogen-bond acceptors (Lipinski definition) is 2. The zero-order valence-electron chi connectivity index (χ0n) is 10.2. The highest BCUT2D eigenvalue weighted by atomic mass is 79.9. The first kappa shape index (κ1) is 16.9. The molecule has 0 spiro atoms. The van der Waals surface area contributed by atoms with Gasteiger partial charge in [-0.3, -0.25) is 4.79 Å². The number of amides is 1. The van der Waals surface area contributed by atoms with E-state index in [0.29, 0.717) is 6.42 Å². The molecule has 1 amide bonds. The van der Waals surface area contributed by atoms with E-state index in [1.165, 1.54) is 0 Å². The molecule has 0 radical (unpaired) electrons. The lowest BCUT2D eigenvalue weighted by atomic mass is 10.3. The molecule has 7 heteroatoms. The van der Waals surface area contributed by atoms with Gasteiger partial charge in [0.25, 0.3) is 0 Å². The van der Waals surface area contributed by atoms with Gasteiger partial charge in [0.15, 0.2) is 0 Å². The molecule has 0 saturated carbocycles. The van der Waals surface area contributed by atoms with Crippen LogP contribution in [0.3, 0.4) is 0 Å². The van der Waals surface area contributed by atoms with Crippen molar-refractivity contribution in [2.24, 2.45) is 0 Å². The van der Waals surface area contributed by atoms with Crippen LogP contribution < -0.4 is 10.6 Å². The van der Waals surface area contributed by atoms with Crippen LogP contribution in [-0.4, -0.2) is 15.9 Å². The number of benzene rings is 1. The van der Waals surface area contributed by atoms with Gasteiger partial charge < -0.3 is 10.6 Å². The van der Waals surface area contributed by atoms with Crippen LogP contribution in [-0.2, 0) is 4.79 Å². The maximum Gasteiger partial charge on any atom is 0.228 e. The molecule has 3 nitrogen and oxygen atoms in total. The monoisotopic (exact) mass is 386 g/mol. The van der Waals surface area contributed by atoms with E-state index in [9.17, 15) is 4.79 Å². The van der Waals surface area contributed by atoms with Crippen molar-refractivity contribution in [2.75, 3.05) is 5.32 Å². The molecule has 0 bridgehead atoms. The third-order valence-corrected chi connectivity index (χ3v) is 3.45. The molecular weight excluding hydrogens is 374 g/mol. The Balaban J connectivity index is 2.75. The average molecular weight is 389 g/mol. The summed E-state index contributed by atoms with van der Waals surface area (Å²) in [6, 6.07) is 7.34. The van der Waals surface area contributed by atoms with Crippen LogP contribution in [0.15, 0.2) is 28.7 Å². The van der Waals surface area contributed by atoms with E-state index in [4.69, 9.17) is 34.8 Å². The Kier molecular flexibility index (Phi) is 6.74. The van der Waals surface area contributed by atoms with Gasteiger partial charge in [-0.25, -0.2) is 0 Å². The summed E-state index contributed by atoms with van der Waals surface area (Å²) in [6.07, 6.45) is 0.327. The highest BCUT2D eigenvalue weighted by Crippen LogP contribution is 2.31. The second-order valence-corrected chi connectivity index (χ2v) is 7.23. The topological polar surface area (TPSA) is 41.1 Å². The maximum absolute atomic E-state index is 11.6. The Bertz CT molecular complexity index is 420. The van der Waals surface area contributed by atoms with Crippen molar-refractivity contribution < 1.29 is 4.79 Å². The van der Waals surface area contributed by atoms with Crippen molar-refractivity contribution in [3.8, 4) is 0 Å². The van der Waals surface area contributed by atoms with Gasteiger partial charge in [0.2, 0.25) is 9.70 Å². The molecule has 1 aromatic carbocycles. The van der Waals surface area contributed by atoms with E-state index >= 15 is 0 Å². The van der Waals surface area contributed by atoms with Gasteiger partial charge in [-0.05, 0) is 30.7 Å². The normalized spacial score (nSPS) is 12.9. The predicted molar refractivity (Wildman–Crippen MR) is 84.9 cm³/mol. The molecule has 0 fully saturated rings. The van der Waals surface area contributed by atoms with Crippen LogP contribution in [0, 0.1) is 0 Å². The molecule has 19 heavy (non-hydrogen) atoms. The van der Waals surface area contributed by atoms with E-state index in [-0.39, 0.29) is 5.91 Å². The Morgan fingerprint density at radius 2 is 1.89 bits per heavy atom. The van der Waals surface area contributed by atoms with Crippen molar-refractivity contribution in [3.05, 3.63) is 28.7 Å². The van der Waals surface area contributed by atoms with Crippen LogP contribution in [0.1, 0.15) is 19.8 Å². The van der Waals surface area contributed by atoms with Gasteiger partial charge in [0.05, 0.1) is 0 Å². The molecular formula is C12H14BrCl3N2O. The van der Waals surface area contributed by atoms with Crippen LogP contribution in [0.25, 0.3) is 0 Å². The number of hydrogen-bond donors (Lipinski definition) is 2. The van der Waals surface area contributed by atoms with Crippen molar-refractivity contribution in [1.82, 2.24) is 5.32 Å². The number of carbonyl (C=O) groups excluding carboxylic acids is 1. The molecule has 0 aliphatic carbocycles. The van der Waals surface area contributed by atoms with E-state index in [1.54, 1.807) is 0 Å². The zero-order chi connectivity index (χ0) is 14.5. The lowest BCUT2D eigenvalue weighted by molar-refractivity contribution is -0.121. The van der Waals surface area contributed by atoms with Crippen LogP contribution in [0.2, 0.25) is 0 Å². The molecule has 0 saturated heterocycles. The van der Waals surface area contributed by atoms with E-state index in [1.807, 2.05) is 31.2 Å². The molecule has 1 rings (SSSR count).